The maximum Gasteiger partial charge on any atom is 0.310 e. The van der Waals surface area contributed by atoms with Crippen molar-refractivity contribution in [3.05, 3.63) is 35.4 Å². The van der Waals surface area contributed by atoms with Crippen LogP contribution in [0.15, 0.2) is 24.3 Å². The second-order valence-corrected chi connectivity index (χ2v) is 4.61. The number of carboxylic acid groups (broad SMARTS) is 1. The predicted molar refractivity (Wildman–Crippen MR) is 69.5 cm³/mol. The van der Waals surface area contributed by atoms with Crippen LogP contribution in [0.1, 0.15) is 24.0 Å². The lowest BCUT2D eigenvalue weighted by Gasteiger charge is -2.16. The van der Waals surface area contributed by atoms with Crippen LogP contribution in [0.5, 0.6) is 0 Å². The zero-order chi connectivity index (χ0) is 12.8. The fourth-order valence-electron chi connectivity index (χ4n) is 1.64. The monoisotopic (exact) mass is 255 g/mol. The molecule has 4 heteroatoms. The summed E-state index contributed by atoms with van der Waals surface area (Å²) >= 11 is 5.67. The molecule has 1 N–H and O–H groups in total. The number of alkyl halides is 1. The van der Waals surface area contributed by atoms with E-state index in [1.54, 1.807) is 6.92 Å². The van der Waals surface area contributed by atoms with Gasteiger partial charge in [0.05, 0.1) is 5.92 Å². The van der Waals surface area contributed by atoms with Crippen molar-refractivity contribution in [2.75, 3.05) is 19.5 Å². The Kier molecular flexibility index (Phi) is 5.45. The smallest absolute Gasteiger partial charge is 0.310 e. The number of aliphatic carboxylic acids is 1. The standard InChI is InChI=1S/C13H18ClNO2/c1-10(13(16)17)12-5-3-4-11(8-12)9-15(2)7-6-14/h3-5,8,10H,6-7,9H2,1-2H3,(H,16,17). The zero-order valence-corrected chi connectivity index (χ0v) is 10.9. The average molecular weight is 256 g/mol. The predicted octanol–water partition coefficient (Wildman–Crippen LogP) is 2.55. The summed E-state index contributed by atoms with van der Waals surface area (Å²) in [6.45, 7) is 3.30. The molecule has 1 atom stereocenters. The quantitative estimate of drug-likeness (QED) is 0.795. The van der Waals surface area contributed by atoms with Crippen LogP contribution in [0.3, 0.4) is 0 Å². The van der Waals surface area contributed by atoms with Gasteiger partial charge in [-0.25, -0.2) is 0 Å². The molecule has 94 valence electrons. The molecule has 0 bridgehead atoms. The van der Waals surface area contributed by atoms with E-state index >= 15 is 0 Å². The normalized spacial score (nSPS) is 12.7. The molecule has 1 rings (SSSR count). The Labute approximate surface area is 107 Å². The van der Waals surface area contributed by atoms with Crippen LogP contribution < -0.4 is 0 Å². The summed E-state index contributed by atoms with van der Waals surface area (Å²) in [6.07, 6.45) is 0. The van der Waals surface area contributed by atoms with Crippen molar-refractivity contribution < 1.29 is 9.90 Å². The van der Waals surface area contributed by atoms with Gasteiger partial charge in [0, 0.05) is 19.0 Å². The number of hydrogen-bond acceptors (Lipinski definition) is 2. The second kappa shape index (κ2) is 6.62. The van der Waals surface area contributed by atoms with E-state index < -0.39 is 11.9 Å². The molecule has 0 aromatic heterocycles. The fourth-order valence-corrected chi connectivity index (χ4v) is 1.93. The Morgan fingerprint density at radius 2 is 2.24 bits per heavy atom. The third-order valence-corrected chi connectivity index (χ3v) is 2.91. The van der Waals surface area contributed by atoms with Gasteiger partial charge in [-0.2, -0.15) is 0 Å². The Bertz CT molecular complexity index is 381. The van der Waals surface area contributed by atoms with Gasteiger partial charge in [-0.1, -0.05) is 24.3 Å². The Morgan fingerprint density at radius 3 is 2.82 bits per heavy atom. The van der Waals surface area contributed by atoms with Gasteiger partial charge in [0.15, 0.2) is 0 Å². The summed E-state index contributed by atoms with van der Waals surface area (Å²) in [4.78, 5) is 13.0. The van der Waals surface area contributed by atoms with Gasteiger partial charge in [-0.15, -0.1) is 11.6 Å². The summed E-state index contributed by atoms with van der Waals surface area (Å²) in [6, 6.07) is 7.70. The molecule has 1 aromatic carbocycles. The molecule has 0 saturated heterocycles. The van der Waals surface area contributed by atoms with Gasteiger partial charge in [0.2, 0.25) is 0 Å². The first-order valence-corrected chi connectivity index (χ1v) is 6.14. The van der Waals surface area contributed by atoms with Crippen molar-refractivity contribution >= 4 is 17.6 Å². The van der Waals surface area contributed by atoms with Crippen LogP contribution in [-0.4, -0.2) is 35.4 Å². The number of rotatable bonds is 6. The van der Waals surface area contributed by atoms with Crippen LogP contribution in [0.25, 0.3) is 0 Å². The third kappa shape index (κ3) is 4.36. The van der Waals surface area contributed by atoms with E-state index in [-0.39, 0.29) is 0 Å². The SMILES string of the molecule is CC(C(=O)O)c1cccc(CN(C)CCCl)c1. The van der Waals surface area contributed by atoms with Crippen LogP contribution in [-0.2, 0) is 11.3 Å². The molecule has 0 radical (unpaired) electrons. The van der Waals surface area contributed by atoms with Gasteiger partial charge in [-0.05, 0) is 25.1 Å². The molecule has 3 nitrogen and oxygen atoms in total. The Hall–Kier alpha value is -1.06. The van der Waals surface area contributed by atoms with Gasteiger partial charge >= 0.3 is 5.97 Å². The minimum Gasteiger partial charge on any atom is -0.481 e. The molecular formula is C13H18ClNO2. The number of carboxylic acids is 1. The van der Waals surface area contributed by atoms with Crippen molar-refractivity contribution in [1.29, 1.82) is 0 Å². The molecule has 0 aliphatic rings. The van der Waals surface area contributed by atoms with Gasteiger partial charge < -0.3 is 10.0 Å². The van der Waals surface area contributed by atoms with E-state index in [9.17, 15) is 4.79 Å². The largest absolute Gasteiger partial charge is 0.481 e. The topological polar surface area (TPSA) is 40.5 Å². The highest BCUT2D eigenvalue weighted by molar-refractivity contribution is 6.18. The number of nitrogens with zero attached hydrogens (tertiary/aromatic N) is 1. The highest BCUT2D eigenvalue weighted by atomic mass is 35.5. The van der Waals surface area contributed by atoms with Crippen molar-refractivity contribution in [2.24, 2.45) is 0 Å². The minimum absolute atomic E-state index is 0.465. The number of hydrogen-bond donors (Lipinski definition) is 1. The van der Waals surface area contributed by atoms with E-state index in [4.69, 9.17) is 16.7 Å². The Balaban J connectivity index is 2.75. The lowest BCUT2D eigenvalue weighted by molar-refractivity contribution is -0.138. The lowest BCUT2D eigenvalue weighted by atomic mass is 9.99. The minimum atomic E-state index is -0.795. The molecule has 0 amide bonds. The van der Waals surface area contributed by atoms with Gasteiger partial charge in [0.25, 0.3) is 0 Å². The van der Waals surface area contributed by atoms with E-state index in [1.807, 2.05) is 31.3 Å². The van der Waals surface area contributed by atoms with Crippen LogP contribution >= 0.6 is 11.6 Å². The van der Waals surface area contributed by atoms with E-state index in [1.165, 1.54) is 0 Å². The first-order chi connectivity index (χ1) is 8.04. The second-order valence-electron chi connectivity index (χ2n) is 4.23. The molecular weight excluding hydrogens is 238 g/mol. The number of halogens is 1. The highest BCUT2D eigenvalue weighted by Crippen LogP contribution is 2.17. The molecule has 0 aliphatic heterocycles. The summed E-state index contributed by atoms with van der Waals surface area (Å²) in [7, 11) is 2.00. The van der Waals surface area contributed by atoms with E-state index in [2.05, 4.69) is 4.90 Å². The molecule has 0 spiro atoms. The van der Waals surface area contributed by atoms with Crippen molar-refractivity contribution in [2.45, 2.75) is 19.4 Å². The van der Waals surface area contributed by atoms with Crippen LogP contribution in [0.4, 0.5) is 0 Å². The zero-order valence-electron chi connectivity index (χ0n) is 10.2. The molecule has 0 fully saturated rings. The average Bonchev–Trinajstić information content (AvgIpc) is 2.28. The molecule has 0 heterocycles. The molecule has 0 aliphatic carbocycles. The highest BCUT2D eigenvalue weighted by Gasteiger charge is 2.13. The fraction of sp³-hybridized carbons (Fsp3) is 0.462. The number of carbonyl (C=O) groups is 1. The molecule has 1 aromatic rings. The molecule has 17 heavy (non-hydrogen) atoms. The van der Waals surface area contributed by atoms with Crippen molar-refractivity contribution in [3.8, 4) is 0 Å². The summed E-state index contributed by atoms with van der Waals surface area (Å²) in [5, 5.41) is 8.96. The number of benzene rings is 1. The molecule has 0 saturated carbocycles. The van der Waals surface area contributed by atoms with E-state index in [0.29, 0.717) is 5.88 Å². The summed E-state index contributed by atoms with van der Waals surface area (Å²) in [5.74, 6) is -0.661. The maximum atomic E-state index is 10.9. The summed E-state index contributed by atoms with van der Waals surface area (Å²) in [5.41, 5.74) is 1.96. The van der Waals surface area contributed by atoms with Crippen LogP contribution in [0.2, 0.25) is 0 Å². The van der Waals surface area contributed by atoms with Crippen LogP contribution in [0, 0.1) is 0 Å². The Morgan fingerprint density at radius 1 is 1.53 bits per heavy atom. The van der Waals surface area contributed by atoms with Crippen molar-refractivity contribution in [1.82, 2.24) is 4.90 Å². The van der Waals surface area contributed by atoms with E-state index in [0.717, 1.165) is 24.2 Å². The van der Waals surface area contributed by atoms with Crippen molar-refractivity contribution in [3.63, 3.8) is 0 Å². The third-order valence-electron chi connectivity index (χ3n) is 2.74. The maximum absolute atomic E-state index is 10.9. The molecule has 1 unspecified atom stereocenters. The van der Waals surface area contributed by atoms with Gasteiger partial charge in [0.1, 0.15) is 0 Å². The van der Waals surface area contributed by atoms with Gasteiger partial charge in [-0.3, -0.25) is 4.79 Å². The first-order valence-electron chi connectivity index (χ1n) is 5.60. The first kappa shape index (κ1) is 14.0. The summed E-state index contributed by atoms with van der Waals surface area (Å²) < 4.78 is 0. The lowest BCUT2D eigenvalue weighted by Crippen LogP contribution is -2.20.